The van der Waals surface area contributed by atoms with E-state index in [9.17, 15) is 4.79 Å². The predicted octanol–water partition coefficient (Wildman–Crippen LogP) is 2.25. The molecular weight excluding hydrogens is 284 g/mol. The number of likely N-dealkylation sites (N-methyl/N-ethyl adjacent to an activating group) is 1. The minimum Gasteiger partial charge on any atom is -0.497 e. The van der Waals surface area contributed by atoms with E-state index in [4.69, 9.17) is 14.0 Å². The molecule has 0 aliphatic carbocycles. The maximum atomic E-state index is 12.2. The van der Waals surface area contributed by atoms with Crippen LogP contribution in [0.5, 0.6) is 5.75 Å². The summed E-state index contributed by atoms with van der Waals surface area (Å²) in [6, 6.07) is 7.52. The van der Waals surface area contributed by atoms with Crippen molar-refractivity contribution in [1.29, 1.82) is 0 Å². The standard InChI is InChI=1S/C16H18N2O4/c1-10-14-15(17-22-10)16(2,21-9-13(19)18(14)3)11-5-7-12(20-4)8-6-11/h5-8H,9H2,1-4H3. The third-order valence-electron chi connectivity index (χ3n) is 4.12. The van der Waals surface area contributed by atoms with Gasteiger partial charge in [-0.15, -0.1) is 0 Å². The number of ether oxygens (including phenoxy) is 2. The van der Waals surface area contributed by atoms with Crippen molar-refractivity contribution in [2.24, 2.45) is 0 Å². The fourth-order valence-electron chi connectivity index (χ4n) is 2.70. The molecule has 1 aliphatic heterocycles. The second kappa shape index (κ2) is 5.14. The summed E-state index contributed by atoms with van der Waals surface area (Å²) in [6.07, 6.45) is 0. The number of methoxy groups -OCH3 is 1. The molecule has 1 aromatic carbocycles. The van der Waals surface area contributed by atoms with Gasteiger partial charge in [0.05, 0.1) is 7.11 Å². The molecule has 1 unspecified atom stereocenters. The molecule has 1 aliphatic rings. The van der Waals surface area contributed by atoms with Gasteiger partial charge < -0.3 is 18.9 Å². The van der Waals surface area contributed by atoms with Crippen LogP contribution in [0.2, 0.25) is 0 Å². The Labute approximate surface area is 128 Å². The van der Waals surface area contributed by atoms with Gasteiger partial charge in [-0.1, -0.05) is 17.3 Å². The zero-order chi connectivity index (χ0) is 15.9. The minimum absolute atomic E-state index is 0.0190. The van der Waals surface area contributed by atoms with E-state index in [0.29, 0.717) is 17.1 Å². The maximum absolute atomic E-state index is 12.2. The van der Waals surface area contributed by atoms with Crippen molar-refractivity contribution < 1.29 is 18.8 Å². The van der Waals surface area contributed by atoms with E-state index in [0.717, 1.165) is 11.3 Å². The van der Waals surface area contributed by atoms with Gasteiger partial charge in [0.15, 0.2) is 5.76 Å². The van der Waals surface area contributed by atoms with Crippen LogP contribution in [0.4, 0.5) is 5.69 Å². The average molecular weight is 302 g/mol. The largest absolute Gasteiger partial charge is 0.497 e. The van der Waals surface area contributed by atoms with Crippen LogP contribution in [0.3, 0.4) is 0 Å². The van der Waals surface area contributed by atoms with Crippen LogP contribution in [-0.4, -0.2) is 31.8 Å². The zero-order valence-corrected chi connectivity index (χ0v) is 13.0. The van der Waals surface area contributed by atoms with Crippen molar-refractivity contribution in [3.05, 3.63) is 41.3 Å². The Morgan fingerprint density at radius 3 is 2.64 bits per heavy atom. The molecule has 1 aromatic heterocycles. The van der Waals surface area contributed by atoms with E-state index in [1.54, 1.807) is 21.1 Å². The first-order valence-corrected chi connectivity index (χ1v) is 6.99. The Balaban J connectivity index is 2.15. The summed E-state index contributed by atoms with van der Waals surface area (Å²) in [5, 5.41) is 4.15. The molecular formula is C16H18N2O4. The molecule has 0 fully saturated rings. The summed E-state index contributed by atoms with van der Waals surface area (Å²) >= 11 is 0. The highest BCUT2D eigenvalue weighted by molar-refractivity contribution is 5.95. The van der Waals surface area contributed by atoms with Crippen molar-refractivity contribution in [3.63, 3.8) is 0 Å². The third kappa shape index (κ3) is 2.07. The number of rotatable bonds is 2. The number of benzene rings is 1. The minimum atomic E-state index is -0.861. The summed E-state index contributed by atoms with van der Waals surface area (Å²) < 4.78 is 16.4. The van der Waals surface area contributed by atoms with E-state index in [1.807, 2.05) is 31.2 Å². The number of hydrogen-bond donors (Lipinski definition) is 0. The normalized spacial score (nSPS) is 21.5. The van der Waals surface area contributed by atoms with Crippen LogP contribution < -0.4 is 9.64 Å². The summed E-state index contributed by atoms with van der Waals surface area (Å²) in [4.78, 5) is 13.7. The molecule has 0 radical (unpaired) electrons. The van der Waals surface area contributed by atoms with Gasteiger partial charge in [-0.2, -0.15) is 0 Å². The molecule has 1 amide bonds. The predicted molar refractivity (Wildman–Crippen MR) is 80.1 cm³/mol. The molecule has 22 heavy (non-hydrogen) atoms. The molecule has 0 spiro atoms. The molecule has 0 saturated heterocycles. The quantitative estimate of drug-likeness (QED) is 0.851. The van der Waals surface area contributed by atoms with Crippen LogP contribution in [0.25, 0.3) is 0 Å². The van der Waals surface area contributed by atoms with E-state index in [1.165, 1.54) is 4.90 Å². The number of amides is 1. The summed E-state index contributed by atoms with van der Waals surface area (Å²) in [7, 11) is 3.32. The Morgan fingerprint density at radius 2 is 2.00 bits per heavy atom. The van der Waals surface area contributed by atoms with Gasteiger partial charge in [0.1, 0.15) is 29.3 Å². The van der Waals surface area contributed by atoms with E-state index in [2.05, 4.69) is 5.16 Å². The number of aromatic nitrogens is 1. The highest BCUT2D eigenvalue weighted by Crippen LogP contribution is 2.41. The Hall–Kier alpha value is -2.34. The fraction of sp³-hybridized carbons (Fsp3) is 0.375. The van der Waals surface area contributed by atoms with Crippen LogP contribution in [-0.2, 0) is 15.1 Å². The Morgan fingerprint density at radius 1 is 1.32 bits per heavy atom. The molecule has 0 bridgehead atoms. The van der Waals surface area contributed by atoms with Crippen molar-refractivity contribution in [3.8, 4) is 5.75 Å². The molecule has 6 heteroatoms. The molecule has 1 atom stereocenters. The molecule has 6 nitrogen and oxygen atoms in total. The lowest BCUT2D eigenvalue weighted by Gasteiger charge is -2.27. The molecule has 0 saturated carbocycles. The van der Waals surface area contributed by atoms with Crippen LogP contribution in [0.15, 0.2) is 28.8 Å². The lowest BCUT2D eigenvalue weighted by Crippen LogP contribution is -2.30. The van der Waals surface area contributed by atoms with Crippen molar-refractivity contribution in [2.45, 2.75) is 19.4 Å². The number of hydrogen-bond acceptors (Lipinski definition) is 5. The second-order valence-corrected chi connectivity index (χ2v) is 5.44. The molecule has 2 heterocycles. The van der Waals surface area contributed by atoms with Gasteiger partial charge in [0.25, 0.3) is 5.91 Å². The van der Waals surface area contributed by atoms with Gasteiger partial charge in [-0.3, -0.25) is 4.79 Å². The van der Waals surface area contributed by atoms with Gasteiger partial charge in [0.2, 0.25) is 0 Å². The number of anilines is 1. The fourth-order valence-corrected chi connectivity index (χ4v) is 2.70. The second-order valence-electron chi connectivity index (χ2n) is 5.44. The lowest BCUT2D eigenvalue weighted by molar-refractivity contribution is -0.126. The first kappa shape index (κ1) is 14.6. The first-order chi connectivity index (χ1) is 10.5. The van der Waals surface area contributed by atoms with Gasteiger partial charge in [0, 0.05) is 7.05 Å². The summed E-state index contributed by atoms with van der Waals surface area (Å²) in [6.45, 7) is 3.66. The van der Waals surface area contributed by atoms with Crippen LogP contribution >= 0.6 is 0 Å². The monoisotopic (exact) mass is 302 g/mol. The molecule has 116 valence electrons. The first-order valence-electron chi connectivity index (χ1n) is 6.99. The Kier molecular flexibility index (Phi) is 3.41. The van der Waals surface area contributed by atoms with E-state index in [-0.39, 0.29) is 12.5 Å². The van der Waals surface area contributed by atoms with Crippen molar-refractivity contribution in [2.75, 3.05) is 25.7 Å². The smallest absolute Gasteiger partial charge is 0.252 e. The highest BCUT2D eigenvalue weighted by Gasteiger charge is 2.42. The van der Waals surface area contributed by atoms with Gasteiger partial charge >= 0.3 is 0 Å². The van der Waals surface area contributed by atoms with Crippen molar-refractivity contribution in [1.82, 2.24) is 5.16 Å². The SMILES string of the molecule is COc1ccc(C2(C)OCC(=O)N(C)c3c2noc3C)cc1. The molecule has 3 rings (SSSR count). The topological polar surface area (TPSA) is 64.8 Å². The lowest BCUT2D eigenvalue weighted by atomic mass is 9.91. The number of aryl methyl sites for hydroxylation is 1. The van der Waals surface area contributed by atoms with Crippen LogP contribution in [0.1, 0.15) is 23.9 Å². The number of nitrogens with zero attached hydrogens (tertiary/aromatic N) is 2. The number of carbonyl (C=O) groups excluding carboxylic acids is 1. The zero-order valence-electron chi connectivity index (χ0n) is 13.0. The number of carbonyl (C=O) groups is 1. The summed E-state index contributed by atoms with van der Waals surface area (Å²) in [5.74, 6) is 1.21. The molecule has 2 aromatic rings. The van der Waals surface area contributed by atoms with Crippen molar-refractivity contribution >= 4 is 11.6 Å². The Bertz CT molecular complexity index is 707. The highest BCUT2D eigenvalue weighted by atomic mass is 16.5. The average Bonchev–Trinajstić information content (AvgIpc) is 2.89. The third-order valence-corrected chi connectivity index (χ3v) is 4.12. The van der Waals surface area contributed by atoms with E-state index < -0.39 is 5.60 Å². The van der Waals surface area contributed by atoms with E-state index >= 15 is 0 Å². The molecule has 0 N–H and O–H groups in total. The maximum Gasteiger partial charge on any atom is 0.252 e. The van der Waals surface area contributed by atoms with Crippen LogP contribution in [0, 0.1) is 6.92 Å². The summed E-state index contributed by atoms with van der Waals surface area (Å²) in [5.41, 5.74) is 1.29. The van der Waals surface area contributed by atoms with Gasteiger partial charge in [-0.25, -0.2) is 0 Å². The van der Waals surface area contributed by atoms with Gasteiger partial charge in [-0.05, 0) is 31.5 Å². The number of fused-ring (bicyclic) bond motifs is 1.